The van der Waals surface area contributed by atoms with Crippen LogP contribution in [0.2, 0.25) is 5.02 Å². The molecule has 1 unspecified atom stereocenters. The lowest BCUT2D eigenvalue weighted by Gasteiger charge is -2.33. The number of rotatable bonds is 3. The number of benzene rings is 4. The van der Waals surface area contributed by atoms with E-state index in [0.717, 1.165) is 5.02 Å². The van der Waals surface area contributed by atoms with Gasteiger partial charge < -0.3 is 0 Å². The zero-order valence-electron chi connectivity index (χ0n) is 21.6. The first kappa shape index (κ1) is 23.1. The summed E-state index contributed by atoms with van der Waals surface area (Å²) >= 11 is 6.30. The Kier molecular flexibility index (Phi) is 5.36. The third kappa shape index (κ3) is 3.21. The van der Waals surface area contributed by atoms with E-state index < -0.39 is 0 Å². The van der Waals surface area contributed by atoms with E-state index in [1.54, 1.807) is 0 Å². The molecule has 4 aromatic rings. The molecular weight excluding hydrogens is 456 g/mol. The molecule has 4 aromatic carbocycles. The summed E-state index contributed by atoms with van der Waals surface area (Å²) in [4.78, 5) is 0. The lowest BCUT2D eigenvalue weighted by atomic mass is 9.68. The van der Waals surface area contributed by atoms with Crippen molar-refractivity contribution >= 4 is 17.2 Å². The van der Waals surface area contributed by atoms with Gasteiger partial charge in [-0.05, 0) is 94.5 Å². The fourth-order valence-electron chi connectivity index (χ4n) is 6.37. The van der Waals surface area contributed by atoms with Gasteiger partial charge in [0.2, 0.25) is 0 Å². The SMILES string of the molecule is CC1=C(/C=C\C(C)C)c2ccc(C)cc2C12c1cc(C)ccc1-c1cccc(-c3ccc(Cl)cc3)c12. The summed E-state index contributed by atoms with van der Waals surface area (Å²) in [6.45, 7) is 11.3. The van der Waals surface area contributed by atoms with Crippen LogP contribution >= 0.6 is 11.6 Å². The molecule has 1 spiro atoms. The molecule has 0 nitrogen and oxygen atoms in total. The van der Waals surface area contributed by atoms with Crippen molar-refractivity contribution in [2.45, 2.75) is 40.0 Å². The highest BCUT2D eigenvalue weighted by molar-refractivity contribution is 6.30. The summed E-state index contributed by atoms with van der Waals surface area (Å²) in [6, 6.07) is 29.1. The fourth-order valence-corrected chi connectivity index (χ4v) is 6.50. The normalized spacial score (nSPS) is 17.9. The van der Waals surface area contributed by atoms with Crippen LogP contribution in [0.4, 0.5) is 0 Å². The second kappa shape index (κ2) is 8.36. The Bertz CT molecular complexity index is 1580. The summed E-state index contributed by atoms with van der Waals surface area (Å²) in [5, 5.41) is 0.763. The molecule has 0 N–H and O–H groups in total. The third-order valence-electron chi connectivity index (χ3n) is 7.95. The molecule has 0 saturated carbocycles. The number of allylic oxidation sites excluding steroid dienone is 4. The van der Waals surface area contributed by atoms with Crippen molar-refractivity contribution in [2.75, 3.05) is 0 Å². The number of fused-ring (bicyclic) bond motifs is 7. The maximum atomic E-state index is 6.30. The Morgan fingerprint density at radius 1 is 0.694 bits per heavy atom. The molecule has 1 heteroatoms. The maximum absolute atomic E-state index is 6.30. The minimum absolute atomic E-state index is 0.328. The Balaban J connectivity index is 1.79. The van der Waals surface area contributed by atoms with Gasteiger partial charge in [-0.15, -0.1) is 0 Å². The largest absolute Gasteiger partial charge is 0.0843 e. The van der Waals surface area contributed by atoms with Gasteiger partial charge in [0.1, 0.15) is 0 Å². The van der Waals surface area contributed by atoms with Crippen molar-refractivity contribution in [1.29, 1.82) is 0 Å². The smallest absolute Gasteiger partial charge is 0.0692 e. The Morgan fingerprint density at radius 2 is 1.31 bits per heavy atom. The van der Waals surface area contributed by atoms with Crippen LogP contribution in [0.1, 0.15) is 54.2 Å². The quantitative estimate of drug-likeness (QED) is 0.270. The predicted molar refractivity (Wildman–Crippen MR) is 155 cm³/mol. The van der Waals surface area contributed by atoms with Gasteiger partial charge in [0.05, 0.1) is 5.41 Å². The van der Waals surface area contributed by atoms with E-state index >= 15 is 0 Å². The van der Waals surface area contributed by atoms with Crippen molar-refractivity contribution in [3.63, 3.8) is 0 Å². The van der Waals surface area contributed by atoms with Gasteiger partial charge in [-0.1, -0.05) is 115 Å². The van der Waals surface area contributed by atoms with Crippen molar-refractivity contribution in [2.24, 2.45) is 5.92 Å². The topological polar surface area (TPSA) is 0 Å². The van der Waals surface area contributed by atoms with E-state index in [2.05, 4.69) is 114 Å². The van der Waals surface area contributed by atoms with Gasteiger partial charge >= 0.3 is 0 Å². The van der Waals surface area contributed by atoms with Crippen molar-refractivity contribution < 1.29 is 0 Å². The highest BCUT2D eigenvalue weighted by Crippen LogP contribution is 2.63. The van der Waals surface area contributed by atoms with Crippen LogP contribution in [-0.2, 0) is 5.41 Å². The molecule has 0 saturated heterocycles. The Morgan fingerprint density at radius 3 is 1.97 bits per heavy atom. The molecule has 2 aliphatic rings. The Labute approximate surface area is 220 Å². The minimum Gasteiger partial charge on any atom is -0.0843 e. The van der Waals surface area contributed by atoms with E-state index in [1.165, 1.54) is 66.8 Å². The zero-order valence-corrected chi connectivity index (χ0v) is 22.4. The van der Waals surface area contributed by atoms with E-state index in [-0.39, 0.29) is 5.41 Å². The monoisotopic (exact) mass is 486 g/mol. The molecule has 0 aliphatic heterocycles. The molecule has 0 heterocycles. The van der Waals surface area contributed by atoms with Gasteiger partial charge in [0.25, 0.3) is 0 Å². The number of hydrogen-bond donors (Lipinski definition) is 0. The first-order valence-corrected chi connectivity index (χ1v) is 13.2. The van der Waals surface area contributed by atoms with Crippen molar-refractivity contribution in [1.82, 2.24) is 0 Å². The van der Waals surface area contributed by atoms with Crippen LogP contribution in [0, 0.1) is 19.8 Å². The van der Waals surface area contributed by atoms with Crippen LogP contribution in [-0.4, -0.2) is 0 Å². The van der Waals surface area contributed by atoms with E-state index in [9.17, 15) is 0 Å². The summed E-state index contributed by atoms with van der Waals surface area (Å²) in [6.07, 6.45) is 4.70. The molecule has 1 atom stereocenters. The van der Waals surface area contributed by atoms with E-state index in [4.69, 9.17) is 11.6 Å². The van der Waals surface area contributed by atoms with Gasteiger partial charge in [-0.25, -0.2) is 0 Å². The molecular formula is C35H31Cl. The van der Waals surface area contributed by atoms with Crippen LogP contribution in [0.3, 0.4) is 0 Å². The molecule has 0 aromatic heterocycles. The number of hydrogen-bond acceptors (Lipinski definition) is 0. The van der Waals surface area contributed by atoms with Crippen LogP contribution < -0.4 is 0 Å². The molecule has 0 radical (unpaired) electrons. The van der Waals surface area contributed by atoms with E-state index in [1.807, 2.05) is 12.1 Å². The van der Waals surface area contributed by atoms with Gasteiger partial charge in [0.15, 0.2) is 0 Å². The lowest BCUT2D eigenvalue weighted by Crippen LogP contribution is -2.27. The molecule has 2 aliphatic carbocycles. The average Bonchev–Trinajstić information content (AvgIpc) is 3.28. The van der Waals surface area contributed by atoms with Gasteiger partial charge in [-0.3, -0.25) is 0 Å². The third-order valence-corrected chi connectivity index (χ3v) is 8.20. The molecule has 178 valence electrons. The molecule has 6 rings (SSSR count). The Hall–Kier alpha value is -3.35. The number of halogens is 1. The summed E-state index contributed by atoms with van der Waals surface area (Å²) in [7, 11) is 0. The summed E-state index contributed by atoms with van der Waals surface area (Å²) in [5.74, 6) is 0.491. The predicted octanol–water partition coefficient (Wildman–Crippen LogP) is 9.94. The molecule has 0 amide bonds. The van der Waals surface area contributed by atoms with Crippen LogP contribution in [0.15, 0.2) is 96.6 Å². The van der Waals surface area contributed by atoms with Crippen LogP contribution in [0.5, 0.6) is 0 Å². The van der Waals surface area contributed by atoms with Crippen molar-refractivity contribution in [3.8, 4) is 22.3 Å². The summed E-state index contributed by atoms with van der Waals surface area (Å²) in [5.41, 5.74) is 15.7. The minimum atomic E-state index is -0.328. The highest BCUT2D eigenvalue weighted by Gasteiger charge is 2.52. The maximum Gasteiger partial charge on any atom is 0.0692 e. The molecule has 36 heavy (non-hydrogen) atoms. The lowest BCUT2D eigenvalue weighted by molar-refractivity contribution is 0.766. The van der Waals surface area contributed by atoms with Crippen molar-refractivity contribution in [3.05, 3.63) is 135 Å². The second-order valence-electron chi connectivity index (χ2n) is 10.7. The fraction of sp³-hybridized carbons (Fsp3) is 0.200. The summed E-state index contributed by atoms with van der Waals surface area (Å²) < 4.78 is 0. The second-order valence-corrected chi connectivity index (χ2v) is 11.2. The first-order valence-electron chi connectivity index (χ1n) is 12.8. The highest BCUT2D eigenvalue weighted by atomic mass is 35.5. The molecule has 0 fully saturated rings. The van der Waals surface area contributed by atoms with Gasteiger partial charge in [0, 0.05) is 5.02 Å². The first-order chi connectivity index (χ1) is 17.3. The van der Waals surface area contributed by atoms with Gasteiger partial charge in [-0.2, -0.15) is 0 Å². The molecule has 0 bridgehead atoms. The zero-order chi connectivity index (χ0) is 25.2. The standard InChI is InChI=1S/C35H31Cl/c1-21(2)9-16-27-24(5)35(32-19-22(3)10-17-29(27)32)33-20-23(4)11-18-30(33)31-8-6-7-28(34(31)35)25-12-14-26(36)15-13-25/h6-21H,1-5H3/b16-9-. The average molecular weight is 487 g/mol. The number of aryl methyl sites for hydroxylation is 2. The van der Waals surface area contributed by atoms with Crippen LogP contribution in [0.25, 0.3) is 27.8 Å². The van der Waals surface area contributed by atoms with E-state index in [0.29, 0.717) is 5.92 Å².